The van der Waals surface area contributed by atoms with Gasteiger partial charge in [0.1, 0.15) is 19.3 Å². The van der Waals surface area contributed by atoms with Gasteiger partial charge < -0.3 is 19.1 Å². The Bertz CT molecular complexity index is 1920. The number of carbonyl (C=O) groups excluding carboxylic acids is 1. The van der Waals surface area contributed by atoms with Gasteiger partial charge in [-0.1, -0.05) is 87.8 Å². The number of fused-ring (bicyclic) bond motifs is 1. The molecule has 0 aliphatic rings. The third-order valence-electron chi connectivity index (χ3n) is 8.22. The summed E-state index contributed by atoms with van der Waals surface area (Å²) in [4.78, 5) is 28.0. The number of aromatic nitrogens is 4. The van der Waals surface area contributed by atoms with E-state index in [4.69, 9.17) is 35.8 Å². The summed E-state index contributed by atoms with van der Waals surface area (Å²) in [6, 6.07) is 23.0. The number of nitrogens with zero attached hydrogens (tertiary/aromatic N) is 6. The van der Waals surface area contributed by atoms with E-state index in [0.29, 0.717) is 47.2 Å². The van der Waals surface area contributed by atoms with Crippen LogP contribution in [0.4, 0.5) is 11.5 Å². The average Bonchev–Trinajstić information content (AvgIpc) is 3.53. The van der Waals surface area contributed by atoms with Crippen LogP contribution < -0.4 is 4.90 Å². The summed E-state index contributed by atoms with van der Waals surface area (Å²) in [6.45, 7) is 24.0. The summed E-state index contributed by atoms with van der Waals surface area (Å²) in [7, 11) is -1.32. The predicted octanol–water partition coefficient (Wildman–Crippen LogP) is 8.89. The number of rotatable bonds is 15. The molecular formula is C38H46N6O4Si2. The molecule has 260 valence electrons. The van der Waals surface area contributed by atoms with Gasteiger partial charge in [-0.2, -0.15) is 5.10 Å². The van der Waals surface area contributed by atoms with Gasteiger partial charge >= 0.3 is 5.97 Å². The van der Waals surface area contributed by atoms with E-state index >= 15 is 0 Å². The molecule has 2 aromatic carbocycles. The molecule has 0 unspecified atom stereocenters. The van der Waals surface area contributed by atoms with Gasteiger partial charge in [-0.25, -0.2) is 19.1 Å². The van der Waals surface area contributed by atoms with Crippen LogP contribution in [0.2, 0.25) is 51.4 Å². The smallest absolute Gasteiger partial charge is 0.337 e. The second-order valence-electron chi connectivity index (χ2n) is 14.6. The monoisotopic (exact) mass is 706 g/mol. The second-order valence-corrected chi connectivity index (χ2v) is 25.9. The number of methoxy groups -OCH3 is 1. The highest BCUT2D eigenvalue weighted by molar-refractivity contribution is 6.76. The Morgan fingerprint density at radius 2 is 1.44 bits per heavy atom. The average molecular weight is 707 g/mol. The Labute approximate surface area is 296 Å². The molecule has 3 aromatic heterocycles. The molecule has 0 amide bonds. The van der Waals surface area contributed by atoms with E-state index in [1.807, 2.05) is 53.6 Å². The fourth-order valence-corrected chi connectivity index (χ4v) is 6.76. The zero-order valence-electron chi connectivity index (χ0n) is 30.1. The van der Waals surface area contributed by atoms with Crippen molar-refractivity contribution in [1.82, 2.24) is 19.6 Å². The molecule has 0 aliphatic heterocycles. The molecule has 50 heavy (non-hydrogen) atoms. The number of anilines is 1. The molecule has 5 aromatic rings. The fraction of sp³-hybridized carbons (Fsp3) is 0.342. The molecule has 0 bridgehead atoms. The Kier molecular flexibility index (Phi) is 11.6. The van der Waals surface area contributed by atoms with Crippen LogP contribution in [0.1, 0.15) is 10.4 Å². The van der Waals surface area contributed by atoms with Gasteiger partial charge in [0.15, 0.2) is 5.65 Å². The van der Waals surface area contributed by atoms with Crippen molar-refractivity contribution >= 4 is 39.3 Å². The topological polar surface area (TPSA) is 95.4 Å². The molecule has 0 aliphatic carbocycles. The Balaban J connectivity index is 1.64. The molecule has 5 rings (SSSR count). The van der Waals surface area contributed by atoms with Gasteiger partial charge in [-0.05, 0) is 35.9 Å². The summed E-state index contributed by atoms with van der Waals surface area (Å²) in [5, 5.41) is 4.81. The molecular weight excluding hydrogens is 661 g/mol. The van der Waals surface area contributed by atoms with Gasteiger partial charge in [0.05, 0.1) is 36.8 Å². The van der Waals surface area contributed by atoms with Gasteiger partial charge in [-0.3, -0.25) is 4.98 Å². The minimum Gasteiger partial charge on any atom is -0.465 e. The van der Waals surface area contributed by atoms with E-state index in [2.05, 4.69) is 44.1 Å². The van der Waals surface area contributed by atoms with Crippen LogP contribution in [0.3, 0.4) is 0 Å². The molecule has 0 radical (unpaired) electrons. The van der Waals surface area contributed by atoms with Crippen LogP contribution in [0.15, 0.2) is 79.1 Å². The van der Waals surface area contributed by atoms with E-state index in [9.17, 15) is 4.79 Å². The third kappa shape index (κ3) is 9.10. The summed E-state index contributed by atoms with van der Waals surface area (Å²) < 4.78 is 19.2. The first-order valence-electron chi connectivity index (χ1n) is 16.8. The van der Waals surface area contributed by atoms with E-state index in [1.165, 1.54) is 7.11 Å². The number of hydrogen-bond acceptors (Lipinski definition) is 8. The van der Waals surface area contributed by atoms with Crippen LogP contribution in [0, 0.1) is 6.57 Å². The first kappa shape index (κ1) is 36.6. The molecule has 0 saturated heterocycles. The lowest BCUT2D eigenvalue weighted by molar-refractivity contribution is 0.0600. The van der Waals surface area contributed by atoms with Gasteiger partial charge in [-0.15, -0.1) is 0 Å². The molecule has 0 saturated carbocycles. The summed E-state index contributed by atoms with van der Waals surface area (Å²) in [6.07, 6.45) is 3.59. The Hall–Kier alpha value is -4.68. The van der Waals surface area contributed by atoms with Crippen LogP contribution >= 0.6 is 0 Å². The third-order valence-corrected chi connectivity index (χ3v) is 11.6. The van der Waals surface area contributed by atoms with E-state index < -0.39 is 22.1 Å². The zero-order valence-corrected chi connectivity index (χ0v) is 32.1. The zero-order chi connectivity index (χ0) is 35.9. The van der Waals surface area contributed by atoms with E-state index in [0.717, 1.165) is 34.5 Å². The Morgan fingerprint density at radius 3 is 1.98 bits per heavy atom. The van der Waals surface area contributed by atoms with Crippen molar-refractivity contribution in [3.05, 3.63) is 96.1 Å². The minimum absolute atomic E-state index is 0.211. The Morgan fingerprint density at radius 1 is 0.820 bits per heavy atom. The normalized spacial score (nSPS) is 11.8. The van der Waals surface area contributed by atoms with Gasteiger partial charge in [0, 0.05) is 52.2 Å². The first-order chi connectivity index (χ1) is 23.9. The van der Waals surface area contributed by atoms with Crippen molar-refractivity contribution in [3.8, 4) is 33.6 Å². The van der Waals surface area contributed by atoms with Crippen molar-refractivity contribution in [1.29, 1.82) is 0 Å². The molecule has 0 spiro atoms. The number of esters is 1. The van der Waals surface area contributed by atoms with Gasteiger partial charge in [0.25, 0.3) is 5.69 Å². The van der Waals surface area contributed by atoms with Crippen molar-refractivity contribution in [2.24, 2.45) is 0 Å². The standard InChI is InChI=1S/C38H46N6O4Si2/c1-39-35-34(29-14-16-30(17-15-29)38(45)46-2)42-36-32(31-18-19-33(40-24-31)28-12-10-9-11-13-28)25-41-44(36)37(35)43(26-47-20-22-49(3,4)5)27-48-21-23-50(6,7)8/h9-19,24-25H,20-23,26-27H2,2-8H3. The number of carbonyl (C=O) groups is 1. The predicted molar refractivity (Wildman–Crippen MR) is 205 cm³/mol. The second kappa shape index (κ2) is 15.9. The maximum absolute atomic E-state index is 12.2. The lowest BCUT2D eigenvalue weighted by Crippen LogP contribution is -2.33. The van der Waals surface area contributed by atoms with Crippen LogP contribution in [0.25, 0.3) is 44.1 Å². The number of hydrogen-bond donors (Lipinski definition) is 0. The van der Waals surface area contributed by atoms with Crippen molar-refractivity contribution < 1.29 is 19.0 Å². The lowest BCUT2D eigenvalue weighted by Gasteiger charge is -2.28. The molecule has 3 heterocycles. The summed E-state index contributed by atoms with van der Waals surface area (Å²) >= 11 is 0. The lowest BCUT2D eigenvalue weighted by atomic mass is 10.1. The van der Waals surface area contributed by atoms with Crippen LogP contribution in [-0.4, -0.2) is 75.5 Å². The highest BCUT2D eigenvalue weighted by atomic mass is 28.3. The van der Waals surface area contributed by atoms with E-state index in [1.54, 1.807) is 35.0 Å². The highest BCUT2D eigenvalue weighted by Gasteiger charge is 2.26. The van der Waals surface area contributed by atoms with Crippen LogP contribution in [0.5, 0.6) is 0 Å². The number of ether oxygens (including phenoxy) is 3. The molecule has 0 fully saturated rings. The fourth-order valence-electron chi connectivity index (χ4n) is 5.24. The molecule has 10 nitrogen and oxygen atoms in total. The van der Waals surface area contributed by atoms with Gasteiger partial charge in [0.2, 0.25) is 0 Å². The SMILES string of the molecule is [C-]#[N+]c1c(-c2ccc(C(=O)OC)cc2)nc2c(-c3ccc(-c4ccccc4)nc3)cnn2c1N(COCC[Si](C)(C)C)COCC[Si](C)(C)C. The van der Waals surface area contributed by atoms with Crippen molar-refractivity contribution in [3.63, 3.8) is 0 Å². The van der Waals surface area contributed by atoms with Crippen molar-refractivity contribution in [2.75, 3.05) is 38.7 Å². The molecule has 0 atom stereocenters. The van der Waals surface area contributed by atoms with Crippen molar-refractivity contribution in [2.45, 2.75) is 51.4 Å². The molecule has 12 heteroatoms. The summed E-state index contributed by atoms with van der Waals surface area (Å²) in [5.74, 6) is 0.0888. The molecule has 0 N–H and O–H groups in total. The quantitative estimate of drug-likeness (QED) is 0.0350. The summed E-state index contributed by atoms with van der Waals surface area (Å²) in [5.41, 5.74) is 5.90. The maximum atomic E-state index is 12.2. The number of benzene rings is 2. The highest BCUT2D eigenvalue weighted by Crippen LogP contribution is 2.40. The largest absolute Gasteiger partial charge is 0.465 e. The van der Waals surface area contributed by atoms with E-state index in [-0.39, 0.29) is 13.5 Å². The minimum atomic E-state index is -1.34. The maximum Gasteiger partial charge on any atom is 0.337 e. The first-order valence-corrected chi connectivity index (χ1v) is 24.2. The number of pyridine rings is 1. The van der Waals surface area contributed by atoms with Crippen LogP contribution in [-0.2, 0) is 14.2 Å².